The molecule has 126 valence electrons. The van der Waals surface area contributed by atoms with E-state index in [2.05, 4.69) is 16.1 Å². The maximum absolute atomic E-state index is 12.6. The number of hydrogen-bond donors (Lipinski definition) is 0. The predicted molar refractivity (Wildman–Crippen MR) is 104 cm³/mol. The van der Waals surface area contributed by atoms with Gasteiger partial charge in [-0.1, -0.05) is 42.5 Å². The maximum atomic E-state index is 12.6. The molecular formula is C20H19N3OS. The Kier molecular flexibility index (Phi) is 5.46. The number of aliphatic imine (C=N–C) groups is 1. The van der Waals surface area contributed by atoms with Crippen LogP contribution in [0.2, 0.25) is 0 Å². The van der Waals surface area contributed by atoms with Gasteiger partial charge in [0, 0.05) is 12.7 Å². The van der Waals surface area contributed by atoms with E-state index in [0.717, 1.165) is 11.1 Å². The zero-order chi connectivity index (χ0) is 17.6. The van der Waals surface area contributed by atoms with Crippen LogP contribution in [0, 0.1) is 0 Å². The molecule has 3 rings (SSSR count). The van der Waals surface area contributed by atoms with Gasteiger partial charge in [0.15, 0.2) is 11.0 Å². The van der Waals surface area contributed by atoms with Gasteiger partial charge in [-0.2, -0.15) is 0 Å². The van der Waals surface area contributed by atoms with Crippen molar-refractivity contribution in [2.45, 2.75) is 13.8 Å². The van der Waals surface area contributed by atoms with Gasteiger partial charge in [0.05, 0.1) is 4.91 Å². The summed E-state index contributed by atoms with van der Waals surface area (Å²) in [4.78, 5) is 23.7. The van der Waals surface area contributed by atoms with Gasteiger partial charge >= 0.3 is 0 Å². The fourth-order valence-corrected chi connectivity index (χ4v) is 3.55. The average Bonchev–Trinajstić information content (AvgIpc) is 2.91. The third-order valence-electron chi connectivity index (χ3n) is 3.62. The molecule has 2 aromatic rings. The smallest absolute Gasteiger partial charge is 0.266 e. The molecular weight excluding hydrogens is 330 g/mol. The highest BCUT2D eigenvalue weighted by atomic mass is 32.2. The summed E-state index contributed by atoms with van der Waals surface area (Å²) >= 11 is 1.39. The highest BCUT2D eigenvalue weighted by molar-refractivity contribution is 8.18. The SMILES string of the molecule is CCN1C(=O)/C(=C/C(C)=C/c2ccccc2)S/C1=N/c1ccccn1. The van der Waals surface area contributed by atoms with Crippen LogP contribution in [-0.4, -0.2) is 27.5 Å². The molecule has 0 saturated carbocycles. The van der Waals surface area contributed by atoms with Crippen LogP contribution in [0.25, 0.3) is 6.08 Å². The Balaban J connectivity index is 1.87. The zero-order valence-electron chi connectivity index (χ0n) is 14.2. The van der Waals surface area contributed by atoms with E-state index in [9.17, 15) is 4.79 Å². The first-order valence-electron chi connectivity index (χ1n) is 8.12. The van der Waals surface area contributed by atoms with E-state index in [1.54, 1.807) is 11.1 Å². The average molecular weight is 349 g/mol. The molecule has 0 N–H and O–H groups in total. The Morgan fingerprint density at radius 1 is 1.20 bits per heavy atom. The van der Waals surface area contributed by atoms with Crippen molar-refractivity contribution in [1.82, 2.24) is 9.88 Å². The lowest BCUT2D eigenvalue weighted by Gasteiger charge is -2.11. The molecule has 1 aromatic carbocycles. The van der Waals surface area contributed by atoms with E-state index < -0.39 is 0 Å². The van der Waals surface area contributed by atoms with Gasteiger partial charge in [-0.25, -0.2) is 9.98 Å². The molecule has 1 aliphatic heterocycles. The van der Waals surface area contributed by atoms with E-state index in [1.807, 2.05) is 68.5 Å². The lowest BCUT2D eigenvalue weighted by Crippen LogP contribution is -2.28. The zero-order valence-corrected chi connectivity index (χ0v) is 15.0. The number of hydrogen-bond acceptors (Lipinski definition) is 4. The van der Waals surface area contributed by atoms with Crippen LogP contribution in [0.3, 0.4) is 0 Å². The minimum Gasteiger partial charge on any atom is -0.287 e. The van der Waals surface area contributed by atoms with Crippen LogP contribution in [0.5, 0.6) is 0 Å². The van der Waals surface area contributed by atoms with Crippen LogP contribution in [0.15, 0.2) is 76.3 Å². The first-order chi connectivity index (χ1) is 12.2. The Morgan fingerprint density at radius 2 is 1.96 bits per heavy atom. The van der Waals surface area contributed by atoms with Crippen LogP contribution >= 0.6 is 11.8 Å². The van der Waals surface area contributed by atoms with E-state index in [-0.39, 0.29) is 5.91 Å². The molecule has 1 saturated heterocycles. The van der Waals surface area contributed by atoms with Crippen molar-refractivity contribution < 1.29 is 4.79 Å². The van der Waals surface area contributed by atoms with Crippen molar-refractivity contribution in [2.24, 2.45) is 4.99 Å². The van der Waals surface area contributed by atoms with Gasteiger partial charge in [0.25, 0.3) is 5.91 Å². The van der Waals surface area contributed by atoms with Crippen molar-refractivity contribution in [3.8, 4) is 0 Å². The molecule has 0 radical (unpaired) electrons. The number of carbonyl (C=O) groups is 1. The number of aromatic nitrogens is 1. The summed E-state index contributed by atoms with van der Waals surface area (Å²) in [6.45, 7) is 4.52. The normalized spacial score (nSPS) is 18.4. The Morgan fingerprint density at radius 3 is 2.64 bits per heavy atom. The molecule has 0 spiro atoms. The maximum Gasteiger partial charge on any atom is 0.266 e. The van der Waals surface area contributed by atoms with Gasteiger partial charge in [0.2, 0.25) is 0 Å². The molecule has 25 heavy (non-hydrogen) atoms. The molecule has 0 aliphatic carbocycles. The number of pyridine rings is 1. The fraction of sp³-hybridized carbons (Fsp3) is 0.150. The number of allylic oxidation sites excluding steroid dienone is 2. The Bertz CT molecular complexity index is 842. The highest BCUT2D eigenvalue weighted by Crippen LogP contribution is 2.33. The van der Waals surface area contributed by atoms with E-state index in [1.165, 1.54) is 11.8 Å². The van der Waals surface area contributed by atoms with Crippen molar-refractivity contribution in [2.75, 3.05) is 6.54 Å². The summed E-state index contributed by atoms with van der Waals surface area (Å²) in [6.07, 6.45) is 5.68. The van der Waals surface area contributed by atoms with E-state index in [4.69, 9.17) is 0 Å². The monoisotopic (exact) mass is 349 g/mol. The fourth-order valence-electron chi connectivity index (χ4n) is 2.45. The van der Waals surface area contributed by atoms with Crippen LogP contribution < -0.4 is 0 Å². The largest absolute Gasteiger partial charge is 0.287 e. The Labute approximate surface area is 152 Å². The lowest BCUT2D eigenvalue weighted by molar-refractivity contribution is -0.122. The first kappa shape index (κ1) is 17.2. The standard InChI is InChI=1S/C20H19N3OS/c1-3-23-19(24)17(14-15(2)13-16-9-5-4-6-10-16)25-20(23)22-18-11-7-8-12-21-18/h4-14H,3H2,1-2H3/b15-13+,17-14-,22-20+. The predicted octanol–water partition coefficient (Wildman–Crippen LogP) is 4.65. The number of amides is 1. The molecule has 1 fully saturated rings. The molecule has 0 atom stereocenters. The van der Waals surface area contributed by atoms with Crippen molar-refractivity contribution in [3.05, 3.63) is 76.8 Å². The summed E-state index contributed by atoms with van der Waals surface area (Å²) in [5, 5.41) is 0.671. The quantitative estimate of drug-likeness (QED) is 0.755. The second-order valence-corrected chi connectivity index (χ2v) is 6.55. The summed E-state index contributed by atoms with van der Waals surface area (Å²) in [7, 11) is 0. The summed E-state index contributed by atoms with van der Waals surface area (Å²) < 4.78 is 0. The van der Waals surface area contributed by atoms with Gasteiger partial charge < -0.3 is 0 Å². The van der Waals surface area contributed by atoms with Crippen LogP contribution in [0.1, 0.15) is 19.4 Å². The lowest BCUT2D eigenvalue weighted by atomic mass is 10.1. The molecule has 1 aliphatic rings. The molecule has 2 heterocycles. The van der Waals surface area contributed by atoms with Gasteiger partial charge in [-0.3, -0.25) is 9.69 Å². The van der Waals surface area contributed by atoms with Crippen molar-refractivity contribution >= 4 is 34.7 Å². The second-order valence-electron chi connectivity index (χ2n) is 5.54. The second kappa shape index (κ2) is 7.94. The van der Waals surface area contributed by atoms with Crippen LogP contribution in [-0.2, 0) is 4.79 Å². The number of thioether (sulfide) groups is 1. The highest BCUT2D eigenvalue weighted by Gasteiger charge is 2.32. The number of nitrogens with zero attached hydrogens (tertiary/aromatic N) is 3. The number of amidine groups is 1. The molecule has 1 amide bonds. The minimum absolute atomic E-state index is 0.0111. The number of carbonyl (C=O) groups excluding carboxylic acids is 1. The minimum atomic E-state index is -0.0111. The third kappa shape index (κ3) is 4.25. The van der Waals surface area contributed by atoms with E-state index >= 15 is 0 Å². The summed E-state index contributed by atoms with van der Waals surface area (Å²) in [6, 6.07) is 15.6. The number of rotatable bonds is 4. The molecule has 0 bridgehead atoms. The Hall–Kier alpha value is -2.66. The van der Waals surface area contributed by atoms with Crippen molar-refractivity contribution in [1.29, 1.82) is 0 Å². The summed E-state index contributed by atoms with van der Waals surface area (Å²) in [5.41, 5.74) is 2.14. The molecule has 0 unspecified atom stereocenters. The van der Waals surface area contributed by atoms with Crippen LogP contribution in [0.4, 0.5) is 5.82 Å². The van der Waals surface area contributed by atoms with Crippen molar-refractivity contribution in [3.63, 3.8) is 0 Å². The molecule has 4 nitrogen and oxygen atoms in total. The topological polar surface area (TPSA) is 45.6 Å². The van der Waals surface area contributed by atoms with Gasteiger partial charge in [0.1, 0.15) is 0 Å². The van der Waals surface area contributed by atoms with E-state index in [0.29, 0.717) is 22.4 Å². The number of likely N-dealkylation sites (N-methyl/N-ethyl adjacent to an activating group) is 1. The first-order valence-corrected chi connectivity index (χ1v) is 8.93. The van der Waals surface area contributed by atoms with Gasteiger partial charge in [-0.05, 0) is 55.0 Å². The number of benzene rings is 1. The molecule has 5 heteroatoms. The third-order valence-corrected chi connectivity index (χ3v) is 4.62. The summed E-state index contributed by atoms with van der Waals surface area (Å²) in [5.74, 6) is 0.594. The van der Waals surface area contributed by atoms with Gasteiger partial charge in [-0.15, -0.1) is 0 Å². The molecule has 1 aromatic heterocycles.